The summed E-state index contributed by atoms with van der Waals surface area (Å²) in [5.41, 5.74) is 1.93. The fourth-order valence-corrected chi connectivity index (χ4v) is 4.16. The average molecular weight is 488 g/mol. The summed E-state index contributed by atoms with van der Waals surface area (Å²) in [6.45, 7) is 1.07. The Labute approximate surface area is 205 Å². The molecule has 3 aromatic carbocycles. The Hall–Kier alpha value is -4.40. The number of likely N-dealkylation sites (tertiary alicyclic amines) is 1. The Kier molecular flexibility index (Phi) is 6.53. The van der Waals surface area contributed by atoms with Crippen molar-refractivity contribution in [1.82, 2.24) is 15.0 Å². The molecule has 0 radical (unpaired) electrons. The molecule has 36 heavy (non-hydrogen) atoms. The number of hydrogen-bond donors (Lipinski definition) is 1. The van der Waals surface area contributed by atoms with Gasteiger partial charge in [0.25, 0.3) is 11.8 Å². The summed E-state index contributed by atoms with van der Waals surface area (Å²) in [4.78, 5) is 31.4. The lowest BCUT2D eigenvalue weighted by Gasteiger charge is -2.30. The van der Waals surface area contributed by atoms with Gasteiger partial charge in [-0.15, -0.1) is 0 Å². The molecular formula is C27H22F2N4O3. The second kappa shape index (κ2) is 10.1. The number of aromatic nitrogens is 2. The lowest BCUT2D eigenvalue weighted by Crippen LogP contribution is -2.38. The van der Waals surface area contributed by atoms with E-state index < -0.39 is 5.82 Å². The van der Waals surface area contributed by atoms with E-state index >= 15 is 0 Å². The van der Waals surface area contributed by atoms with E-state index in [1.54, 1.807) is 35.2 Å². The van der Waals surface area contributed by atoms with Gasteiger partial charge in [0.2, 0.25) is 11.7 Å². The van der Waals surface area contributed by atoms with Gasteiger partial charge in [0, 0.05) is 41.4 Å². The molecular weight excluding hydrogens is 466 g/mol. The normalized spacial score (nSPS) is 14.0. The molecule has 182 valence electrons. The summed E-state index contributed by atoms with van der Waals surface area (Å²) in [5, 5.41) is 6.74. The van der Waals surface area contributed by atoms with Crippen LogP contribution in [0.15, 0.2) is 77.3 Å². The van der Waals surface area contributed by atoms with Crippen molar-refractivity contribution in [2.45, 2.75) is 18.8 Å². The van der Waals surface area contributed by atoms with Gasteiger partial charge in [0.1, 0.15) is 11.6 Å². The quantitative estimate of drug-likeness (QED) is 0.413. The third kappa shape index (κ3) is 5.14. The van der Waals surface area contributed by atoms with Crippen LogP contribution in [0.4, 0.5) is 14.5 Å². The number of piperidine rings is 1. The molecule has 1 aliphatic rings. The van der Waals surface area contributed by atoms with Gasteiger partial charge < -0.3 is 14.7 Å². The highest BCUT2D eigenvalue weighted by atomic mass is 19.1. The van der Waals surface area contributed by atoms with Gasteiger partial charge in [-0.05, 0) is 67.4 Å². The lowest BCUT2D eigenvalue weighted by atomic mass is 9.96. The van der Waals surface area contributed by atoms with Crippen molar-refractivity contribution >= 4 is 17.5 Å². The molecule has 9 heteroatoms. The molecule has 0 bridgehead atoms. The van der Waals surface area contributed by atoms with E-state index in [1.807, 2.05) is 0 Å². The summed E-state index contributed by atoms with van der Waals surface area (Å²) >= 11 is 0. The Balaban J connectivity index is 1.19. The SMILES string of the molecule is O=C(Nc1cccc(F)c1)c1ccc(-c2noc(C3CCN(C(=O)c4ccc(F)cc4)CC3)n2)cc1. The van der Waals surface area contributed by atoms with E-state index in [4.69, 9.17) is 4.52 Å². The molecule has 7 nitrogen and oxygen atoms in total. The van der Waals surface area contributed by atoms with E-state index in [0.717, 1.165) is 0 Å². The predicted octanol–water partition coefficient (Wildman–Crippen LogP) is 5.29. The van der Waals surface area contributed by atoms with Gasteiger partial charge in [-0.3, -0.25) is 9.59 Å². The zero-order chi connectivity index (χ0) is 25.1. The number of halogens is 2. The minimum Gasteiger partial charge on any atom is -0.339 e. The maximum Gasteiger partial charge on any atom is 0.255 e. The summed E-state index contributed by atoms with van der Waals surface area (Å²) in [6, 6.07) is 17.9. The fourth-order valence-electron chi connectivity index (χ4n) is 4.16. The maximum atomic E-state index is 13.3. The Morgan fingerprint density at radius 1 is 0.889 bits per heavy atom. The van der Waals surface area contributed by atoms with E-state index in [-0.39, 0.29) is 23.5 Å². The van der Waals surface area contributed by atoms with Crippen LogP contribution in [0.1, 0.15) is 45.4 Å². The Bertz CT molecular complexity index is 1380. The zero-order valence-corrected chi connectivity index (χ0v) is 19.2. The second-order valence-electron chi connectivity index (χ2n) is 8.57. The molecule has 1 fully saturated rings. The molecule has 0 saturated carbocycles. The van der Waals surface area contributed by atoms with Crippen LogP contribution in [0.3, 0.4) is 0 Å². The number of nitrogens with one attached hydrogen (secondary N) is 1. The Morgan fingerprint density at radius 2 is 1.58 bits per heavy atom. The first-order valence-electron chi connectivity index (χ1n) is 11.5. The zero-order valence-electron chi connectivity index (χ0n) is 19.2. The molecule has 1 aliphatic heterocycles. The van der Waals surface area contributed by atoms with Gasteiger partial charge in [-0.1, -0.05) is 23.4 Å². The standard InChI is InChI=1S/C27H22F2N4O3/c28-21-10-8-20(9-11-21)27(35)33-14-12-19(13-15-33)26-31-24(32-36-26)17-4-6-18(7-5-17)25(34)30-23-3-1-2-22(29)16-23/h1-11,16,19H,12-15H2,(H,30,34). The molecule has 2 amide bonds. The number of benzene rings is 3. The first-order valence-corrected chi connectivity index (χ1v) is 11.5. The summed E-state index contributed by atoms with van der Waals surface area (Å²) in [7, 11) is 0. The molecule has 0 unspecified atom stereocenters. The topological polar surface area (TPSA) is 88.3 Å². The van der Waals surface area contributed by atoms with E-state index in [1.165, 1.54) is 42.5 Å². The average Bonchev–Trinajstić information content (AvgIpc) is 3.39. The van der Waals surface area contributed by atoms with Crippen molar-refractivity contribution in [2.24, 2.45) is 0 Å². The van der Waals surface area contributed by atoms with Crippen LogP contribution < -0.4 is 5.32 Å². The molecule has 2 heterocycles. The van der Waals surface area contributed by atoms with Gasteiger partial charge in [-0.2, -0.15) is 4.98 Å². The highest BCUT2D eigenvalue weighted by Crippen LogP contribution is 2.29. The van der Waals surface area contributed by atoms with E-state index in [2.05, 4.69) is 15.5 Å². The molecule has 4 aromatic rings. The third-order valence-electron chi connectivity index (χ3n) is 6.15. The highest BCUT2D eigenvalue weighted by Gasteiger charge is 2.28. The van der Waals surface area contributed by atoms with Gasteiger partial charge >= 0.3 is 0 Å². The van der Waals surface area contributed by atoms with Crippen LogP contribution in [0.5, 0.6) is 0 Å². The largest absolute Gasteiger partial charge is 0.339 e. The molecule has 0 aliphatic carbocycles. The molecule has 5 rings (SSSR count). The van der Waals surface area contributed by atoms with Gasteiger partial charge in [0.15, 0.2) is 0 Å². The van der Waals surface area contributed by atoms with Crippen LogP contribution in [0.25, 0.3) is 11.4 Å². The van der Waals surface area contributed by atoms with Crippen LogP contribution in [-0.4, -0.2) is 39.9 Å². The minimum absolute atomic E-state index is 0.0276. The smallest absolute Gasteiger partial charge is 0.255 e. The number of amides is 2. The molecule has 0 spiro atoms. The van der Waals surface area contributed by atoms with Crippen LogP contribution in [-0.2, 0) is 0 Å². The number of carbonyl (C=O) groups excluding carboxylic acids is 2. The molecule has 1 N–H and O–H groups in total. The van der Waals surface area contributed by atoms with Crippen molar-refractivity contribution < 1.29 is 22.9 Å². The van der Waals surface area contributed by atoms with E-state index in [0.29, 0.717) is 60.0 Å². The first kappa shape index (κ1) is 23.3. The molecule has 1 saturated heterocycles. The summed E-state index contributed by atoms with van der Waals surface area (Å²) in [5.74, 6) is -0.344. The summed E-state index contributed by atoms with van der Waals surface area (Å²) < 4.78 is 32.0. The first-order chi connectivity index (χ1) is 17.5. The van der Waals surface area contributed by atoms with E-state index in [9.17, 15) is 18.4 Å². The minimum atomic E-state index is -0.429. The van der Waals surface area contributed by atoms with Crippen LogP contribution >= 0.6 is 0 Å². The number of nitrogens with zero attached hydrogens (tertiary/aromatic N) is 3. The number of hydrogen-bond acceptors (Lipinski definition) is 5. The van der Waals surface area contributed by atoms with Crippen LogP contribution in [0.2, 0.25) is 0 Å². The molecule has 0 atom stereocenters. The number of anilines is 1. The van der Waals surface area contributed by atoms with Gasteiger partial charge in [-0.25, -0.2) is 8.78 Å². The van der Waals surface area contributed by atoms with Crippen molar-refractivity contribution in [3.8, 4) is 11.4 Å². The number of rotatable bonds is 5. The van der Waals surface area contributed by atoms with Crippen molar-refractivity contribution in [3.05, 3.63) is 101 Å². The Morgan fingerprint density at radius 3 is 2.28 bits per heavy atom. The highest BCUT2D eigenvalue weighted by molar-refractivity contribution is 6.04. The predicted molar refractivity (Wildman–Crippen MR) is 128 cm³/mol. The maximum absolute atomic E-state index is 13.3. The van der Waals surface area contributed by atoms with Crippen molar-refractivity contribution in [2.75, 3.05) is 18.4 Å². The van der Waals surface area contributed by atoms with Crippen LogP contribution in [0, 0.1) is 11.6 Å². The summed E-state index contributed by atoms with van der Waals surface area (Å²) in [6.07, 6.45) is 1.35. The third-order valence-corrected chi connectivity index (χ3v) is 6.15. The van der Waals surface area contributed by atoms with Crippen molar-refractivity contribution in [1.29, 1.82) is 0 Å². The lowest BCUT2D eigenvalue weighted by molar-refractivity contribution is 0.0704. The monoisotopic (exact) mass is 488 g/mol. The second-order valence-corrected chi connectivity index (χ2v) is 8.57. The number of carbonyl (C=O) groups is 2. The molecule has 1 aromatic heterocycles. The fraction of sp³-hybridized carbons (Fsp3) is 0.185. The van der Waals surface area contributed by atoms with Gasteiger partial charge in [0.05, 0.1) is 0 Å². The van der Waals surface area contributed by atoms with Crippen molar-refractivity contribution in [3.63, 3.8) is 0 Å².